The summed E-state index contributed by atoms with van der Waals surface area (Å²) in [6.45, 7) is 5.62. The lowest BCUT2D eigenvalue weighted by molar-refractivity contribution is 0.00697. The van der Waals surface area contributed by atoms with Crippen LogP contribution in [0.5, 0.6) is 0 Å². The highest BCUT2D eigenvalue weighted by molar-refractivity contribution is 5.96. The van der Waals surface area contributed by atoms with E-state index in [0.29, 0.717) is 5.56 Å². The third kappa shape index (κ3) is 3.14. The van der Waals surface area contributed by atoms with Crippen LogP contribution in [0.1, 0.15) is 31.1 Å². The van der Waals surface area contributed by atoms with E-state index < -0.39 is 5.60 Å². The number of carbonyl (C=O) groups excluding carboxylic acids is 1. The van der Waals surface area contributed by atoms with Crippen molar-refractivity contribution in [2.45, 2.75) is 26.4 Å². The Kier molecular flexibility index (Phi) is 3.72. The van der Waals surface area contributed by atoms with E-state index in [1.54, 1.807) is 0 Å². The molecule has 2 aromatic carbocycles. The first-order chi connectivity index (χ1) is 10.8. The van der Waals surface area contributed by atoms with Gasteiger partial charge in [-0.1, -0.05) is 36.4 Å². The standard InChI is InChI=1S/C20H21NO2/c1-20(2,3)23-19(22)16-11-10-15-12-17(21(4)18(15)13-16)14-8-6-5-7-9-14/h5-13H,1-4H3. The van der Waals surface area contributed by atoms with Crippen molar-refractivity contribution >= 4 is 16.9 Å². The quantitative estimate of drug-likeness (QED) is 0.637. The molecule has 0 fully saturated rings. The lowest BCUT2D eigenvalue weighted by Gasteiger charge is -2.19. The first-order valence-corrected chi connectivity index (χ1v) is 7.73. The monoisotopic (exact) mass is 307 g/mol. The van der Waals surface area contributed by atoms with Gasteiger partial charge < -0.3 is 9.30 Å². The first-order valence-electron chi connectivity index (χ1n) is 7.73. The van der Waals surface area contributed by atoms with Gasteiger partial charge in [0.05, 0.1) is 5.56 Å². The molecule has 1 heterocycles. The summed E-state index contributed by atoms with van der Waals surface area (Å²) in [6, 6.07) is 18.1. The number of aryl methyl sites for hydroxylation is 1. The Balaban J connectivity index is 2.04. The molecule has 1 aromatic heterocycles. The smallest absolute Gasteiger partial charge is 0.338 e. The predicted octanol–water partition coefficient (Wildman–Crippen LogP) is 4.80. The third-order valence-electron chi connectivity index (χ3n) is 3.75. The summed E-state index contributed by atoms with van der Waals surface area (Å²) < 4.78 is 7.57. The largest absolute Gasteiger partial charge is 0.456 e. The Morgan fingerprint density at radius 2 is 1.70 bits per heavy atom. The van der Waals surface area contributed by atoms with Crippen molar-refractivity contribution in [1.29, 1.82) is 0 Å². The molecular weight excluding hydrogens is 286 g/mol. The van der Waals surface area contributed by atoms with Crippen molar-refractivity contribution in [2.24, 2.45) is 7.05 Å². The van der Waals surface area contributed by atoms with Crippen LogP contribution in [0.2, 0.25) is 0 Å². The van der Waals surface area contributed by atoms with Gasteiger partial charge in [-0.05, 0) is 44.5 Å². The van der Waals surface area contributed by atoms with Gasteiger partial charge in [-0.25, -0.2) is 4.79 Å². The van der Waals surface area contributed by atoms with Crippen molar-refractivity contribution in [1.82, 2.24) is 4.57 Å². The molecule has 0 atom stereocenters. The number of nitrogens with zero attached hydrogens (tertiary/aromatic N) is 1. The zero-order valence-corrected chi connectivity index (χ0v) is 14.0. The van der Waals surface area contributed by atoms with Crippen LogP contribution in [0.25, 0.3) is 22.2 Å². The van der Waals surface area contributed by atoms with Crippen LogP contribution in [0, 0.1) is 0 Å². The van der Waals surface area contributed by atoms with Crippen molar-refractivity contribution in [3.05, 3.63) is 60.2 Å². The molecule has 3 aromatic rings. The molecule has 0 saturated heterocycles. The number of rotatable bonds is 2. The summed E-state index contributed by atoms with van der Waals surface area (Å²) >= 11 is 0. The highest BCUT2D eigenvalue weighted by atomic mass is 16.6. The van der Waals surface area contributed by atoms with Gasteiger partial charge in [0, 0.05) is 23.6 Å². The molecule has 3 heteroatoms. The maximum atomic E-state index is 12.3. The molecule has 0 aliphatic carbocycles. The van der Waals surface area contributed by atoms with Gasteiger partial charge in [-0.3, -0.25) is 0 Å². The van der Waals surface area contributed by atoms with Gasteiger partial charge in [-0.2, -0.15) is 0 Å². The van der Waals surface area contributed by atoms with E-state index in [2.05, 4.69) is 22.8 Å². The van der Waals surface area contributed by atoms with Crippen molar-refractivity contribution in [2.75, 3.05) is 0 Å². The molecule has 0 radical (unpaired) electrons. The summed E-state index contributed by atoms with van der Waals surface area (Å²) in [5.74, 6) is -0.290. The number of esters is 1. The molecular formula is C20H21NO2. The SMILES string of the molecule is Cn1c(-c2ccccc2)cc2ccc(C(=O)OC(C)(C)C)cc21. The van der Waals surface area contributed by atoms with E-state index in [0.717, 1.165) is 22.2 Å². The summed E-state index contributed by atoms with van der Waals surface area (Å²) in [5, 5.41) is 1.11. The molecule has 0 unspecified atom stereocenters. The van der Waals surface area contributed by atoms with Crippen LogP contribution >= 0.6 is 0 Å². The Morgan fingerprint density at radius 3 is 2.35 bits per heavy atom. The van der Waals surface area contributed by atoms with Crippen molar-refractivity contribution in [3.63, 3.8) is 0 Å². The fourth-order valence-corrected chi connectivity index (χ4v) is 2.68. The number of benzene rings is 2. The van der Waals surface area contributed by atoms with E-state index in [1.165, 1.54) is 0 Å². The van der Waals surface area contributed by atoms with Gasteiger partial charge in [0.2, 0.25) is 0 Å². The Hall–Kier alpha value is -2.55. The molecule has 0 spiro atoms. The number of ether oxygens (including phenoxy) is 1. The maximum absolute atomic E-state index is 12.3. The molecule has 23 heavy (non-hydrogen) atoms. The molecule has 0 aliphatic rings. The summed E-state index contributed by atoms with van der Waals surface area (Å²) in [4.78, 5) is 12.3. The van der Waals surface area contributed by atoms with Crippen molar-refractivity contribution < 1.29 is 9.53 Å². The van der Waals surface area contributed by atoms with E-state index >= 15 is 0 Å². The molecule has 118 valence electrons. The second-order valence-corrected chi connectivity index (χ2v) is 6.73. The first kappa shape index (κ1) is 15.3. The second kappa shape index (κ2) is 5.58. The Labute approximate surface area is 136 Å². The second-order valence-electron chi connectivity index (χ2n) is 6.73. The van der Waals surface area contributed by atoms with Gasteiger partial charge in [0.15, 0.2) is 0 Å². The maximum Gasteiger partial charge on any atom is 0.338 e. The van der Waals surface area contributed by atoms with Crippen LogP contribution in [-0.2, 0) is 11.8 Å². The van der Waals surface area contributed by atoms with E-state index in [9.17, 15) is 4.79 Å². The molecule has 0 N–H and O–H groups in total. The Morgan fingerprint density at radius 1 is 1.00 bits per heavy atom. The highest BCUT2D eigenvalue weighted by Crippen LogP contribution is 2.28. The van der Waals surface area contributed by atoms with Crippen LogP contribution < -0.4 is 0 Å². The minimum Gasteiger partial charge on any atom is -0.456 e. The third-order valence-corrected chi connectivity index (χ3v) is 3.75. The highest BCUT2D eigenvalue weighted by Gasteiger charge is 2.19. The molecule has 0 amide bonds. The lowest BCUT2D eigenvalue weighted by Crippen LogP contribution is -2.23. The summed E-state index contributed by atoms with van der Waals surface area (Å²) in [5.41, 5.74) is 3.39. The zero-order valence-electron chi connectivity index (χ0n) is 14.0. The van der Waals surface area contributed by atoms with Gasteiger partial charge in [0.25, 0.3) is 0 Å². The topological polar surface area (TPSA) is 31.2 Å². The number of fused-ring (bicyclic) bond motifs is 1. The number of hydrogen-bond acceptors (Lipinski definition) is 2. The van der Waals surface area contributed by atoms with E-state index in [-0.39, 0.29) is 5.97 Å². The molecule has 3 nitrogen and oxygen atoms in total. The average molecular weight is 307 g/mol. The van der Waals surface area contributed by atoms with Crippen LogP contribution in [0.15, 0.2) is 54.6 Å². The zero-order chi connectivity index (χ0) is 16.6. The van der Waals surface area contributed by atoms with E-state index in [1.807, 2.05) is 64.2 Å². The van der Waals surface area contributed by atoms with Gasteiger partial charge in [0.1, 0.15) is 5.60 Å². The van der Waals surface area contributed by atoms with Gasteiger partial charge >= 0.3 is 5.97 Å². The molecule has 3 rings (SSSR count). The number of carbonyl (C=O) groups is 1. The van der Waals surface area contributed by atoms with Crippen LogP contribution in [-0.4, -0.2) is 16.1 Å². The minimum absolute atomic E-state index is 0.290. The fourth-order valence-electron chi connectivity index (χ4n) is 2.68. The molecule has 0 aliphatic heterocycles. The number of hydrogen-bond donors (Lipinski definition) is 0. The normalized spacial score (nSPS) is 11.7. The molecule has 0 bridgehead atoms. The van der Waals surface area contributed by atoms with E-state index in [4.69, 9.17) is 4.74 Å². The van der Waals surface area contributed by atoms with Gasteiger partial charge in [-0.15, -0.1) is 0 Å². The summed E-state index contributed by atoms with van der Waals surface area (Å²) in [7, 11) is 2.02. The van der Waals surface area contributed by atoms with Crippen molar-refractivity contribution in [3.8, 4) is 11.3 Å². The lowest BCUT2D eigenvalue weighted by atomic mass is 10.1. The van der Waals surface area contributed by atoms with Crippen LogP contribution in [0.3, 0.4) is 0 Å². The fraction of sp³-hybridized carbons (Fsp3) is 0.250. The summed E-state index contributed by atoms with van der Waals surface area (Å²) in [6.07, 6.45) is 0. The minimum atomic E-state index is -0.491. The number of aromatic nitrogens is 1. The average Bonchev–Trinajstić information content (AvgIpc) is 2.83. The van der Waals surface area contributed by atoms with Crippen LogP contribution in [0.4, 0.5) is 0 Å². The predicted molar refractivity (Wildman–Crippen MR) is 93.5 cm³/mol. The Bertz CT molecular complexity index is 854. The molecule has 0 saturated carbocycles.